The zero-order valence-corrected chi connectivity index (χ0v) is 24.0. The minimum Gasteiger partial charge on any atom is -0.460 e. The van der Waals surface area contributed by atoms with Gasteiger partial charge < -0.3 is 24.7 Å². The molecule has 3 aromatic rings. The van der Waals surface area contributed by atoms with Gasteiger partial charge in [0.05, 0.1) is 35.4 Å². The molecule has 0 bridgehead atoms. The van der Waals surface area contributed by atoms with Gasteiger partial charge in [-0.2, -0.15) is 0 Å². The fourth-order valence-corrected chi connectivity index (χ4v) is 6.07. The molecule has 1 saturated heterocycles. The summed E-state index contributed by atoms with van der Waals surface area (Å²) in [6.07, 6.45) is 5.83. The van der Waals surface area contributed by atoms with Crippen molar-refractivity contribution in [2.75, 3.05) is 38.6 Å². The first-order chi connectivity index (χ1) is 17.6. The average molecular weight is 530 g/mol. The number of thiophene rings is 1. The maximum absolute atomic E-state index is 11.8. The van der Waals surface area contributed by atoms with E-state index in [1.165, 1.54) is 15.1 Å². The van der Waals surface area contributed by atoms with Crippen LogP contribution in [0.25, 0.3) is 21.3 Å². The number of aromatic nitrogens is 3. The molecule has 8 nitrogen and oxygen atoms in total. The van der Waals surface area contributed by atoms with Crippen molar-refractivity contribution in [3.8, 4) is 0 Å². The van der Waals surface area contributed by atoms with E-state index in [2.05, 4.69) is 34.4 Å². The maximum Gasteiger partial charge on any atom is 0.308 e. The van der Waals surface area contributed by atoms with Gasteiger partial charge in [-0.15, -0.1) is 11.3 Å². The van der Waals surface area contributed by atoms with Crippen LogP contribution in [0.5, 0.6) is 0 Å². The number of carbonyl (C=O) groups excluding carboxylic acids is 1. The molecular weight excluding hydrogens is 486 g/mol. The summed E-state index contributed by atoms with van der Waals surface area (Å²) in [6, 6.07) is 2.13. The molecule has 0 spiro atoms. The van der Waals surface area contributed by atoms with Crippen molar-refractivity contribution in [3.05, 3.63) is 16.8 Å². The van der Waals surface area contributed by atoms with Crippen LogP contribution >= 0.6 is 11.3 Å². The summed E-state index contributed by atoms with van der Waals surface area (Å²) < 4.78 is 14.7. The van der Waals surface area contributed by atoms with Crippen LogP contribution < -0.4 is 5.73 Å². The second-order valence-electron chi connectivity index (χ2n) is 11.2. The molecule has 0 amide bonds. The third-order valence-electron chi connectivity index (χ3n) is 6.91. The number of likely N-dealkylation sites (tertiary alicyclic amines) is 1. The molecule has 1 aliphatic heterocycles. The van der Waals surface area contributed by atoms with Crippen LogP contribution in [0.1, 0.15) is 70.5 Å². The van der Waals surface area contributed by atoms with E-state index >= 15 is 0 Å². The first kappa shape index (κ1) is 27.8. The van der Waals surface area contributed by atoms with E-state index in [0.29, 0.717) is 31.4 Å². The SMILES string of the molecule is CCCCc1nc2c(N)nc3cc(C)sc3c2n1CC1CCN(CCOCCC(=O)OC(C)(C)C)CC1. The number of carbonyl (C=O) groups is 1. The number of esters is 1. The molecule has 37 heavy (non-hydrogen) atoms. The molecule has 0 radical (unpaired) electrons. The highest BCUT2D eigenvalue weighted by Gasteiger charge is 2.24. The molecular formula is C28H43N5O3S. The number of nitrogen functional groups attached to an aromatic ring is 1. The van der Waals surface area contributed by atoms with Gasteiger partial charge in [-0.05, 0) is 72.0 Å². The number of piperidine rings is 1. The van der Waals surface area contributed by atoms with Gasteiger partial charge in [0.25, 0.3) is 0 Å². The summed E-state index contributed by atoms with van der Waals surface area (Å²) in [4.78, 5) is 25.2. The number of unbranched alkanes of at least 4 members (excludes halogenated alkanes) is 1. The number of anilines is 1. The molecule has 0 unspecified atom stereocenters. The molecule has 0 saturated carbocycles. The van der Waals surface area contributed by atoms with Gasteiger partial charge in [0.15, 0.2) is 5.82 Å². The normalized spacial score (nSPS) is 15.7. The predicted octanol–water partition coefficient (Wildman–Crippen LogP) is 5.34. The summed E-state index contributed by atoms with van der Waals surface area (Å²) in [7, 11) is 0. The Hall–Kier alpha value is -2.23. The second kappa shape index (κ2) is 12.1. The first-order valence-electron chi connectivity index (χ1n) is 13.7. The molecule has 0 atom stereocenters. The number of fused-ring (bicyclic) bond motifs is 3. The molecule has 2 N–H and O–H groups in total. The monoisotopic (exact) mass is 529 g/mol. The predicted molar refractivity (Wildman–Crippen MR) is 151 cm³/mol. The number of hydrogen-bond acceptors (Lipinski definition) is 8. The van der Waals surface area contributed by atoms with E-state index in [0.717, 1.165) is 75.1 Å². The van der Waals surface area contributed by atoms with Crippen LogP contribution in [-0.2, 0) is 27.2 Å². The van der Waals surface area contributed by atoms with Crippen molar-refractivity contribution in [2.45, 2.75) is 85.3 Å². The van der Waals surface area contributed by atoms with Crippen molar-refractivity contribution in [2.24, 2.45) is 5.92 Å². The fraction of sp³-hybridized carbons (Fsp3) is 0.679. The van der Waals surface area contributed by atoms with Crippen molar-refractivity contribution in [1.29, 1.82) is 0 Å². The summed E-state index contributed by atoms with van der Waals surface area (Å²) in [6.45, 7) is 15.1. The Morgan fingerprint density at radius 2 is 1.97 bits per heavy atom. The number of hydrogen-bond donors (Lipinski definition) is 1. The number of nitrogens with two attached hydrogens (primary N) is 1. The van der Waals surface area contributed by atoms with Crippen LogP contribution in [0.3, 0.4) is 0 Å². The Morgan fingerprint density at radius 3 is 2.68 bits per heavy atom. The molecule has 3 aromatic heterocycles. The van der Waals surface area contributed by atoms with Gasteiger partial charge in [-0.25, -0.2) is 9.97 Å². The molecule has 4 heterocycles. The van der Waals surface area contributed by atoms with Crippen LogP contribution in [0.4, 0.5) is 5.82 Å². The van der Waals surface area contributed by atoms with Crippen LogP contribution in [-0.4, -0.2) is 63.9 Å². The lowest BCUT2D eigenvalue weighted by molar-refractivity contribution is -0.156. The zero-order chi connectivity index (χ0) is 26.6. The molecule has 9 heteroatoms. The van der Waals surface area contributed by atoms with Crippen LogP contribution in [0.2, 0.25) is 0 Å². The van der Waals surface area contributed by atoms with Crippen molar-refractivity contribution >= 4 is 44.4 Å². The zero-order valence-electron chi connectivity index (χ0n) is 23.1. The highest BCUT2D eigenvalue weighted by atomic mass is 32.1. The third kappa shape index (κ3) is 7.21. The second-order valence-corrected chi connectivity index (χ2v) is 12.5. The Labute approximate surface area is 224 Å². The third-order valence-corrected chi connectivity index (χ3v) is 7.95. The van der Waals surface area contributed by atoms with Gasteiger partial charge in [0, 0.05) is 24.4 Å². The highest BCUT2D eigenvalue weighted by molar-refractivity contribution is 7.19. The van der Waals surface area contributed by atoms with Crippen LogP contribution in [0, 0.1) is 12.8 Å². The summed E-state index contributed by atoms with van der Waals surface area (Å²) >= 11 is 1.79. The van der Waals surface area contributed by atoms with E-state index in [-0.39, 0.29) is 5.97 Å². The number of ether oxygens (including phenoxy) is 2. The number of rotatable bonds is 11. The Kier molecular flexibility index (Phi) is 9.08. The summed E-state index contributed by atoms with van der Waals surface area (Å²) in [5, 5.41) is 0. The smallest absolute Gasteiger partial charge is 0.308 e. The minimum absolute atomic E-state index is 0.203. The van der Waals surface area contributed by atoms with E-state index in [9.17, 15) is 4.79 Å². The van der Waals surface area contributed by atoms with Gasteiger partial charge >= 0.3 is 5.97 Å². The lowest BCUT2D eigenvalue weighted by Crippen LogP contribution is -2.37. The van der Waals surface area contributed by atoms with E-state index in [4.69, 9.17) is 20.2 Å². The molecule has 204 valence electrons. The van der Waals surface area contributed by atoms with Gasteiger partial charge in [0.1, 0.15) is 16.9 Å². The van der Waals surface area contributed by atoms with Gasteiger partial charge in [0.2, 0.25) is 0 Å². The Balaban J connectivity index is 1.33. The lowest BCUT2D eigenvalue weighted by Gasteiger charge is -2.32. The van der Waals surface area contributed by atoms with E-state index in [1.807, 2.05) is 20.8 Å². The highest BCUT2D eigenvalue weighted by Crippen LogP contribution is 2.35. The molecule has 4 rings (SSSR count). The van der Waals surface area contributed by atoms with E-state index in [1.54, 1.807) is 11.3 Å². The number of imidazole rings is 1. The average Bonchev–Trinajstić information content (AvgIpc) is 3.37. The number of aryl methyl sites for hydroxylation is 2. The summed E-state index contributed by atoms with van der Waals surface area (Å²) in [5.74, 6) is 2.08. The topological polar surface area (TPSA) is 95.5 Å². The minimum atomic E-state index is -0.445. The molecule has 1 fully saturated rings. The van der Waals surface area contributed by atoms with Crippen molar-refractivity contribution < 1.29 is 14.3 Å². The quantitative estimate of drug-likeness (QED) is 0.265. The van der Waals surface area contributed by atoms with Crippen LogP contribution in [0.15, 0.2) is 6.07 Å². The van der Waals surface area contributed by atoms with Gasteiger partial charge in [-0.3, -0.25) is 4.79 Å². The summed E-state index contributed by atoms with van der Waals surface area (Å²) in [5.41, 5.74) is 8.95. The van der Waals surface area contributed by atoms with E-state index < -0.39 is 5.60 Å². The Morgan fingerprint density at radius 1 is 1.22 bits per heavy atom. The van der Waals surface area contributed by atoms with Gasteiger partial charge in [-0.1, -0.05) is 13.3 Å². The number of nitrogens with zero attached hydrogens (tertiary/aromatic N) is 4. The number of pyridine rings is 1. The molecule has 0 aliphatic carbocycles. The molecule has 0 aromatic carbocycles. The Bertz CT molecular complexity index is 1200. The lowest BCUT2D eigenvalue weighted by atomic mass is 9.96. The standard InChI is InChI=1S/C28H43N5O3S/c1-6-7-8-22-31-24-25(26-21(30-27(24)29)17-19(2)37-26)33(22)18-20-9-12-32(13-10-20)14-16-35-15-11-23(34)36-28(3,4)5/h17,20H,6-16,18H2,1-5H3,(H2,29,30). The molecule has 1 aliphatic rings. The maximum atomic E-state index is 11.8. The van der Waals surface area contributed by atoms with Crippen molar-refractivity contribution in [1.82, 2.24) is 19.4 Å². The first-order valence-corrected chi connectivity index (χ1v) is 14.5. The fourth-order valence-electron chi connectivity index (χ4n) is 5.06. The largest absolute Gasteiger partial charge is 0.460 e. The van der Waals surface area contributed by atoms with Crippen molar-refractivity contribution in [3.63, 3.8) is 0 Å².